The molecule has 0 radical (unpaired) electrons. The summed E-state index contributed by atoms with van der Waals surface area (Å²) in [6.45, 7) is 2.86. The lowest BCUT2D eigenvalue weighted by atomic mass is 10.00. The highest BCUT2D eigenvalue weighted by Gasteiger charge is 2.31. The van der Waals surface area contributed by atoms with Crippen molar-refractivity contribution in [3.8, 4) is 0 Å². The first-order valence-corrected chi connectivity index (χ1v) is 8.30. The Morgan fingerprint density at radius 2 is 2.16 bits per heavy atom. The number of halogens is 3. The fourth-order valence-corrected chi connectivity index (χ4v) is 2.79. The van der Waals surface area contributed by atoms with Crippen molar-refractivity contribution >= 4 is 11.9 Å². The average Bonchev–Trinajstić information content (AvgIpc) is 2.56. The molecule has 0 aliphatic carbocycles. The van der Waals surface area contributed by atoms with Gasteiger partial charge in [-0.05, 0) is 30.5 Å². The molecular weight excluding hydrogens is 335 g/mol. The zero-order valence-electron chi connectivity index (χ0n) is 14.0. The first kappa shape index (κ1) is 19.1. The van der Waals surface area contributed by atoms with Crippen molar-refractivity contribution in [1.82, 2.24) is 15.5 Å². The molecule has 1 aromatic rings. The summed E-state index contributed by atoms with van der Waals surface area (Å²) in [4.78, 5) is 25.3. The second-order valence-electron chi connectivity index (χ2n) is 6.04. The SMILES string of the molecule is CCCC(NC(=O)CN1CCCNC1=O)c1cccc(C(F)(F)F)c1. The number of nitrogens with zero attached hydrogens (tertiary/aromatic N) is 1. The maximum Gasteiger partial charge on any atom is 0.416 e. The van der Waals surface area contributed by atoms with Crippen molar-refractivity contribution in [2.75, 3.05) is 19.6 Å². The minimum atomic E-state index is -4.43. The average molecular weight is 357 g/mol. The summed E-state index contributed by atoms with van der Waals surface area (Å²) in [5.74, 6) is -0.382. The predicted octanol–water partition coefficient (Wildman–Crippen LogP) is 3.08. The molecule has 25 heavy (non-hydrogen) atoms. The number of hydrogen-bond acceptors (Lipinski definition) is 2. The summed E-state index contributed by atoms with van der Waals surface area (Å²) >= 11 is 0. The van der Waals surface area contributed by atoms with Gasteiger partial charge in [-0.3, -0.25) is 4.79 Å². The van der Waals surface area contributed by atoms with E-state index in [4.69, 9.17) is 0 Å². The Bertz CT molecular complexity index is 619. The highest BCUT2D eigenvalue weighted by atomic mass is 19.4. The fraction of sp³-hybridized carbons (Fsp3) is 0.529. The summed E-state index contributed by atoms with van der Waals surface area (Å²) < 4.78 is 38.7. The molecule has 3 amide bonds. The van der Waals surface area contributed by atoms with Gasteiger partial charge in [0.05, 0.1) is 11.6 Å². The molecule has 1 aliphatic rings. The molecule has 1 atom stereocenters. The molecule has 8 heteroatoms. The van der Waals surface area contributed by atoms with Gasteiger partial charge in [-0.25, -0.2) is 4.79 Å². The first-order valence-electron chi connectivity index (χ1n) is 8.30. The molecule has 0 aromatic heterocycles. The summed E-state index contributed by atoms with van der Waals surface area (Å²) in [7, 11) is 0. The molecule has 1 aliphatic heterocycles. The smallest absolute Gasteiger partial charge is 0.348 e. The van der Waals surface area contributed by atoms with Crippen LogP contribution in [0.4, 0.5) is 18.0 Å². The number of alkyl halides is 3. The van der Waals surface area contributed by atoms with Gasteiger partial charge >= 0.3 is 12.2 Å². The van der Waals surface area contributed by atoms with Crippen LogP contribution in [-0.4, -0.2) is 36.5 Å². The van der Waals surface area contributed by atoms with Crippen molar-refractivity contribution in [2.24, 2.45) is 0 Å². The van der Waals surface area contributed by atoms with E-state index >= 15 is 0 Å². The van der Waals surface area contributed by atoms with Gasteiger partial charge < -0.3 is 15.5 Å². The van der Waals surface area contributed by atoms with Gasteiger partial charge in [0.2, 0.25) is 5.91 Å². The number of benzene rings is 1. The van der Waals surface area contributed by atoms with Gasteiger partial charge in [-0.1, -0.05) is 25.5 Å². The predicted molar refractivity (Wildman–Crippen MR) is 86.8 cm³/mol. The van der Waals surface area contributed by atoms with Crippen LogP contribution in [-0.2, 0) is 11.0 Å². The maximum absolute atomic E-state index is 12.9. The van der Waals surface area contributed by atoms with Crippen LogP contribution in [0.3, 0.4) is 0 Å². The Hall–Kier alpha value is -2.25. The summed E-state index contributed by atoms with van der Waals surface area (Å²) in [5.41, 5.74) is -0.330. The first-order chi connectivity index (χ1) is 11.8. The molecule has 0 spiro atoms. The van der Waals surface area contributed by atoms with Gasteiger partial charge in [0.1, 0.15) is 6.54 Å². The highest BCUT2D eigenvalue weighted by Crippen LogP contribution is 2.31. The van der Waals surface area contributed by atoms with Crippen LogP contribution in [0, 0.1) is 0 Å². The Kier molecular flexibility index (Phi) is 6.27. The third-order valence-corrected chi connectivity index (χ3v) is 4.03. The number of hydrogen-bond donors (Lipinski definition) is 2. The van der Waals surface area contributed by atoms with Gasteiger partial charge in [0.25, 0.3) is 0 Å². The largest absolute Gasteiger partial charge is 0.416 e. The Morgan fingerprint density at radius 1 is 1.40 bits per heavy atom. The van der Waals surface area contributed by atoms with E-state index in [1.807, 2.05) is 6.92 Å². The lowest BCUT2D eigenvalue weighted by Gasteiger charge is -2.28. The zero-order chi connectivity index (χ0) is 18.4. The number of rotatable bonds is 6. The molecule has 5 nitrogen and oxygen atoms in total. The molecule has 0 bridgehead atoms. The van der Waals surface area contributed by atoms with Gasteiger partial charge in [0.15, 0.2) is 0 Å². The summed E-state index contributed by atoms with van der Waals surface area (Å²) in [6.07, 6.45) is -2.46. The van der Waals surface area contributed by atoms with E-state index in [1.165, 1.54) is 11.0 Å². The van der Waals surface area contributed by atoms with E-state index in [9.17, 15) is 22.8 Å². The van der Waals surface area contributed by atoms with Crippen LogP contribution in [0.2, 0.25) is 0 Å². The minimum Gasteiger partial charge on any atom is -0.348 e. The molecule has 1 heterocycles. The van der Waals surface area contributed by atoms with Gasteiger partial charge in [-0.2, -0.15) is 13.2 Å². The van der Waals surface area contributed by atoms with Crippen molar-refractivity contribution in [3.63, 3.8) is 0 Å². The fourth-order valence-electron chi connectivity index (χ4n) is 2.79. The minimum absolute atomic E-state index is 0.106. The lowest BCUT2D eigenvalue weighted by Crippen LogP contribution is -2.50. The highest BCUT2D eigenvalue weighted by molar-refractivity contribution is 5.84. The molecule has 1 saturated heterocycles. The third-order valence-electron chi connectivity index (χ3n) is 4.03. The quantitative estimate of drug-likeness (QED) is 0.822. The number of amides is 3. The molecule has 1 fully saturated rings. The van der Waals surface area contributed by atoms with Crippen molar-refractivity contribution in [2.45, 2.75) is 38.4 Å². The normalized spacial score (nSPS) is 16.3. The molecule has 2 N–H and O–H groups in total. The monoisotopic (exact) mass is 357 g/mol. The van der Waals surface area contributed by atoms with Crippen molar-refractivity contribution < 1.29 is 22.8 Å². The topological polar surface area (TPSA) is 61.4 Å². The van der Waals surface area contributed by atoms with Crippen LogP contribution in [0.5, 0.6) is 0 Å². The van der Waals surface area contributed by atoms with Crippen LogP contribution in [0.1, 0.15) is 43.4 Å². The van der Waals surface area contributed by atoms with Crippen molar-refractivity contribution in [1.29, 1.82) is 0 Å². The molecule has 1 aromatic carbocycles. The second-order valence-corrected chi connectivity index (χ2v) is 6.04. The van der Waals surface area contributed by atoms with E-state index in [-0.39, 0.29) is 18.5 Å². The van der Waals surface area contributed by atoms with Crippen LogP contribution >= 0.6 is 0 Å². The van der Waals surface area contributed by atoms with Gasteiger partial charge in [0, 0.05) is 13.1 Å². The van der Waals surface area contributed by atoms with E-state index in [1.54, 1.807) is 6.07 Å². The molecular formula is C17H22F3N3O2. The van der Waals surface area contributed by atoms with Crippen LogP contribution < -0.4 is 10.6 Å². The lowest BCUT2D eigenvalue weighted by molar-refractivity contribution is -0.137. The standard InChI is InChI=1S/C17H22F3N3O2/c1-2-5-14(12-6-3-7-13(10-12)17(18,19)20)22-15(24)11-23-9-4-8-21-16(23)25/h3,6-7,10,14H,2,4-5,8-9,11H2,1H3,(H,21,25)(H,22,24). The van der Waals surface area contributed by atoms with E-state index in [0.717, 1.165) is 18.6 Å². The van der Waals surface area contributed by atoms with E-state index in [0.29, 0.717) is 31.5 Å². The number of carbonyl (C=O) groups excluding carboxylic acids is 2. The molecule has 1 unspecified atom stereocenters. The molecule has 2 rings (SSSR count). The third kappa shape index (κ3) is 5.37. The summed E-state index contributed by atoms with van der Waals surface area (Å²) in [6, 6.07) is 4.16. The number of nitrogens with one attached hydrogen (secondary N) is 2. The second kappa shape index (κ2) is 8.22. The Morgan fingerprint density at radius 3 is 2.80 bits per heavy atom. The maximum atomic E-state index is 12.9. The number of carbonyl (C=O) groups is 2. The van der Waals surface area contributed by atoms with E-state index < -0.39 is 17.8 Å². The molecule has 138 valence electrons. The zero-order valence-corrected chi connectivity index (χ0v) is 14.0. The Labute approximate surface area is 144 Å². The summed E-state index contributed by atoms with van der Waals surface area (Å²) in [5, 5.41) is 5.41. The van der Waals surface area contributed by atoms with Gasteiger partial charge in [-0.15, -0.1) is 0 Å². The Balaban J connectivity index is 2.07. The van der Waals surface area contributed by atoms with Crippen LogP contribution in [0.15, 0.2) is 24.3 Å². The molecule has 0 saturated carbocycles. The van der Waals surface area contributed by atoms with Crippen LogP contribution in [0.25, 0.3) is 0 Å². The van der Waals surface area contributed by atoms with Crippen molar-refractivity contribution in [3.05, 3.63) is 35.4 Å². The number of urea groups is 1. The van der Waals surface area contributed by atoms with E-state index in [2.05, 4.69) is 10.6 Å².